The van der Waals surface area contributed by atoms with Crippen LogP contribution in [-0.4, -0.2) is 29.7 Å². The first kappa shape index (κ1) is 16.0. The van der Waals surface area contributed by atoms with Crippen LogP contribution in [0.5, 0.6) is 0 Å². The molecule has 2 atom stereocenters. The van der Waals surface area contributed by atoms with Crippen LogP contribution < -0.4 is 10.6 Å². The summed E-state index contributed by atoms with van der Waals surface area (Å²) in [5, 5.41) is 16.8. The number of carbonyl (C=O) groups is 1. The number of carbonyl (C=O) groups excluding carboxylic acids is 1. The van der Waals surface area contributed by atoms with Crippen LogP contribution in [0.4, 0.5) is 0 Å². The lowest BCUT2D eigenvalue weighted by Gasteiger charge is -2.30. The molecule has 0 unspecified atom stereocenters. The van der Waals surface area contributed by atoms with E-state index in [0.717, 1.165) is 13.0 Å². The summed E-state index contributed by atoms with van der Waals surface area (Å²) in [5.41, 5.74) is 2.92. The lowest BCUT2D eigenvalue weighted by atomic mass is 9.93. The molecule has 0 saturated heterocycles. The maximum atomic E-state index is 12.1. The van der Waals surface area contributed by atoms with E-state index >= 15 is 0 Å². The van der Waals surface area contributed by atoms with Gasteiger partial charge >= 0.3 is 0 Å². The molecule has 1 heterocycles. The number of halogens is 1. The van der Waals surface area contributed by atoms with Gasteiger partial charge in [-0.2, -0.15) is 0 Å². The third-order valence-electron chi connectivity index (χ3n) is 4.17. The molecule has 1 amide bonds. The van der Waals surface area contributed by atoms with Crippen molar-refractivity contribution in [2.24, 2.45) is 0 Å². The highest BCUT2D eigenvalue weighted by atomic mass is 35.5. The number of hydrogen-bond acceptors (Lipinski definition) is 3. The summed E-state index contributed by atoms with van der Waals surface area (Å²) < 4.78 is 0. The molecule has 120 valence electrons. The zero-order valence-electron chi connectivity index (χ0n) is 12.6. The number of fused-ring (bicyclic) bond motifs is 1. The van der Waals surface area contributed by atoms with Crippen LogP contribution in [0.2, 0.25) is 5.02 Å². The molecule has 5 heteroatoms. The minimum atomic E-state index is -0.658. The van der Waals surface area contributed by atoms with Crippen LogP contribution >= 0.6 is 11.6 Å². The fraction of sp³-hybridized carbons (Fsp3) is 0.278. The Morgan fingerprint density at radius 1 is 1.22 bits per heavy atom. The minimum absolute atomic E-state index is 0.0727. The zero-order chi connectivity index (χ0) is 16.2. The number of rotatable bonds is 4. The molecule has 4 nitrogen and oxygen atoms in total. The number of benzene rings is 2. The van der Waals surface area contributed by atoms with E-state index in [9.17, 15) is 9.90 Å². The summed E-state index contributed by atoms with van der Waals surface area (Å²) in [6.07, 6.45) is 0.0917. The van der Waals surface area contributed by atoms with E-state index in [2.05, 4.69) is 22.8 Å². The Bertz CT molecular complexity index is 705. The van der Waals surface area contributed by atoms with E-state index in [0.29, 0.717) is 10.6 Å². The summed E-state index contributed by atoms with van der Waals surface area (Å²) in [5.74, 6) is -0.272. The number of nitrogens with one attached hydrogen (secondary N) is 2. The molecule has 1 aliphatic heterocycles. The average molecular weight is 331 g/mol. The van der Waals surface area contributed by atoms with Crippen molar-refractivity contribution in [3.63, 3.8) is 0 Å². The van der Waals surface area contributed by atoms with Crippen LogP contribution in [0.15, 0.2) is 48.5 Å². The molecule has 0 radical (unpaired) electrons. The standard InChI is InChI=1S/C18H19ClN2O2/c19-15-8-4-3-7-14(15)18(23)21-11-17(22)16-9-12-5-1-2-6-13(12)10-20-16/h1-8,16-17,20,22H,9-11H2,(H,21,23)/t16-,17+/m0/s1. The highest BCUT2D eigenvalue weighted by Gasteiger charge is 2.24. The molecular formula is C18H19ClN2O2. The van der Waals surface area contributed by atoms with Gasteiger partial charge in [-0.15, -0.1) is 0 Å². The molecule has 0 aliphatic carbocycles. The second-order valence-electron chi connectivity index (χ2n) is 5.72. The molecule has 2 aromatic rings. The van der Waals surface area contributed by atoms with Crippen molar-refractivity contribution in [1.29, 1.82) is 0 Å². The van der Waals surface area contributed by atoms with E-state index in [1.165, 1.54) is 11.1 Å². The van der Waals surface area contributed by atoms with E-state index in [1.54, 1.807) is 24.3 Å². The molecule has 0 fully saturated rings. The van der Waals surface area contributed by atoms with E-state index in [-0.39, 0.29) is 18.5 Å². The zero-order valence-corrected chi connectivity index (χ0v) is 13.4. The van der Waals surface area contributed by atoms with Gasteiger partial charge in [-0.1, -0.05) is 48.0 Å². The maximum Gasteiger partial charge on any atom is 0.252 e. The molecule has 23 heavy (non-hydrogen) atoms. The van der Waals surface area contributed by atoms with Crippen molar-refractivity contribution < 1.29 is 9.90 Å². The first-order valence-electron chi connectivity index (χ1n) is 7.66. The van der Waals surface area contributed by atoms with Gasteiger partial charge in [0, 0.05) is 19.1 Å². The Morgan fingerprint density at radius 2 is 1.91 bits per heavy atom. The van der Waals surface area contributed by atoms with E-state index < -0.39 is 6.10 Å². The normalized spacial score (nSPS) is 18.1. The van der Waals surface area contributed by atoms with Gasteiger partial charge in [0.1, 0.15) is 0 Å². The fourth-order valence-electron chi connectivity index (χ4n) is 2.83. The van der Waals surface area contributed by atoms with Gasteiger partial charge in [-0.05, 0) is 29.7 Å². The minimum Gasteiger partial charge on any atom is -0.390 e. The molecule has 3 rings (SSSR count). The molecule has 2 aromatic carbocycles. The van der Waals surface area contributed by atoms with E-state index in [4.69, 9.17) is 11.6 Å². The summed E-state index contributed by atoms with van der Waals surface area (Å²) in [7, 11) is 0. The molecule has 0 spiro atoms. The SMILES string of the molecule is O=C(NC[C@@H](O)[C@@H]1Cc2ccccc2CN1)c1ccccc1Cl. The average Bonchev–Trinajstić information content (AvgIpc) is 2.59. The van der Waals surface area contributed by atoms with Gasteiger partial charge in [-0.25, -0.2) is 0 Å². The van der Waals surface area contributed by atoms with Crippen LogP contribution in [-0.2, 0) is 13.0 Å². The van der Waals surface area contributed by atoms with Crippen molar-refractivity contribution in [3.8, 4) is 0 Å². The Labute approximate surface area is 140 Å². The molecular weight excluding hydrogens is 312 g/mol. The monoisotopic (exact) mass is 330 g/mol. The molecule has 3 N–H and O–H groups in total. The Hall–Kier alpha value is -1.88. The van der Waals surface area contributed by atoms with Gasteiger partial charge in [0.15, 0.2) is 0 Å². The van der Waals surface area contributed by atoms with Gasteiger partial charge in [0.05, 0.1) is 16.7 Å². The maximum absolute atomic E-state index is 12.1. The number of hydrogen-bond donors (Lipinski definition) is 3. The lowest BCUT2D eigenvalue weighted by molar-refractivity contribution is 0.0870. The van der Waals surface area contributed by atoms with Crippen molar-refractivity contribution >= 4 is 17.5 Å². The summed E-state index contributed by atoms with van der Waals surface area (Å²) in [6.45, 7) is 0.917. The number of amides is 1. The fourth-order valence-corrected chi connectivity index (χ4v) is 3.05. The predicted molar refractivity (Wildman–Crippen MR) is 90.6 cm³/mol. The quantitative estimate of drug-likeness (QED) is 0.805. The Kier molecular flexibility index (Phi) is 4.96. The Balaban J connectivity index is 1.57. The van der Waals surface area contributed by atoms with Crippen LogP contribution in [0.25, 0.3) is 0 Å². The highest BCUT2D eigenvalue weighted by molar-refractivity contribution is 6.33. The third-order valence-corrected chi connectivity index (χ3v) is 4.50. The number of aliphatic hydroxyl groups is 1. The Morgan fingerprint density at radius 3 is 2.70 bits per heavy atom. The van der Waals surface area contributed by atoms with Gasteiger partial charge < -0.3 is 15.7 Å². The van der Waals surface area contributed by atoms with Crippen molar-refractivity contribution in [2.75, 3.05) is 6.54 Å². The summed E-state index contributed by atoms with van der Waals surface area (Å²) in [6, 6.07) is 15.0. The topological polar surface area (TPSA) is 61.4 Å². The summed E-state index contributed by atoms with van der Waals surface area (Å²) >= 11 is 6.00. The smallest absolute Gasteiger partial charge is 0.252 e. The molecule has 0 bridgehead atoms. The third kappa shape index (κ3) is 3.72. The predicted octanol–water partition coefficient (Wildman–Crippen LogP) is 2.15. The largest absolute Gasteiger partial charge is 0.390 e. The number of aliphatic hydroxyl groups excluding tert-OH is 1. The first-order valence-corrected chi connectivity index (χ1v) is 8.04. The highest BCUT2D eigenvalue weighted by Crippen LogP contribution is 2.18. The second kappa shape index (κ2) is 7.13. The van der Waals surface area contributed by atoms with Crippen LogP contribution in [0.1, 0.15) is 21.5 Å². The molecule has 0 aromatic heterocycles. The van der Waals surface area contributed by atoms with Gasteiger partial charge in [-0.3, -0.25) is 4.79 Å². The van der Waals surface area contributed by atoms with Crippen molar-refractivity contribution in [2.45, 2.75) is 25.1 Å². The first-order chi connectivity index (χ1) is 11.1. The van der Waals surface area contributed by atoms with Crippen LogP contribution in [0.3, 0.4) is 0 Å². The van der Waals surface area contributed by atoms with Gasteiger partial charge in [0.2, 0.25) is 0 Å². The summed E-state index contributed by atoms with van der Waals surface area (Å²) in [4.78, 5) is 12.1. The second-order valence-corrected chi connectivity index (χ2v) is 6.12. The van der Waals surface area contributed by atoms with Crippen molar-refractivity contribution in [3.05, 3.63) is 70.2 Å². The van der Waals surface area contributed by atoms with Crippen LogP contribution in [0, 0.1) is 0 Å². The molecule has 0 saturated carbocycles. The lowest BCUT2D eigenvalue weighted by Crippen LogP contribution is -2.49. The molecule has 1 aliphatic rings. The van der Waals surface area contributed by atoms with Crippen molar-refractivity contribution in [1.82, 2.24) is 10.6 Å². The van der Waals surface area contributed by atoms with Gasteiger partial charge in [0.25, 0.3) is 5.91 Å². The van der Waals surface area contributed by atoms with E-state index in [1.807, 2.05) is 12.1 Å².